The highest BCUT2D eigenvalue weighted by molar-refractivity contribution is 5.87. The minimum Gasteiger partial charge on any atom is -0.459 e. The number of unbranched alkanes of at least 4 members (excludes halogenated alkanes) is 2. The number of ether oxygens (including phenoxy) is 1. The zero-order valence-corrected chi connectivity index (χ0v) is 10.7. The molecule has 1 saturated carbocycles. The van der Waals surface area contributed by atoms with Crippen LogP contribution in [0.2, 0.25) is 0 Å². The van der Waals surface area contributed by atoms with Crippen molar-refractivity contribution in [3.8, 4) is 0 Å². The standard InChI is InChI=1S/C14H25NO2/c1-12(8-4-3-7-11-15)14(16)17-13-9-5-2-6-10-13/h13H,1-11,15H2. The Kier molecular flexibility index (Phi) is 6.94. The summed E-state index contributed by atoms with van der Waals surface area (Å²) in [6.07, 6.45) is 9.62. The van der Waals surface area contributed by atoms with Gasteiger partial charge in [0.15, 0.2) is 0 Å². The third-order valence-electron chi connectivity index (χ3n) is 3.30. The average Bonchev–Trinajstić information content (AvgIpc) is 2.35. The summed E-state index contributed by atoms with van der Waals surface area (Å²) in [4.78, 5) is 11.7. The van der Waals surface area contributed by atoms with Crippen molar-refractivity contribution in [1.29, 1.82) is 0 Å². The van der Waals surface area contributed by atoms with Crippen LogP contribution in [-0.2, 0) is 9.53 Å². The highest BCUT2D eigenvalue weighted by atomic mass is 16.5. The van der Waals surface area contributed by atoms with Crippen molar-refractivity contribution in [3.63, 3.8) is 0 Å². The van der Waals surface area contributed by atoms with Crippen molar-refractivity contribution in [1.82, 2.24) is 0 Å². The second kappa shape index (κ2) is 8.29. The van der Waals surface area contributed by atoms with Gasteiger partial charge in [-0.15, -0.1) is 0 Å². The fraction of sp³-hybridized carbons (Fsp3) is 0.786. The summed E-state index contributed by atoms with van der Waals surface area (Å²) in [5, 5.41) is 0. The first kappa shape index (κ1) is 14.2. The van der Waals surface area contributed by atoms with Crippen molar-refractivity contribution in [2.75, 3.05) is 6.54 Å². The summed E-state index contributed by atoms with van der Waals surface area (Å²) >= 11 is 0. The summed E-state index contributed by atoms with van der Waals surface area (Å²) in [7, 11) is 0. The zero-order valence-electron chi connectivity index (χ0n) is 10.7. The van der Waals surface area contributed by atoms with E-state index in [4.69, 9.17) is 10.5 Å². The topological polar surface area (TPSA) is 52.3 Å². The molecular weight excluding hydrogens is 214 g/mol. The molecule has 0 aliphatic heterocycles. The SMILES string of the molecule is C=C(CCCCCN)C(=O)OC1CCCCC1. The Bertz CT molecular complexity index is 245. The van der Waals surface area contributed by atoms with Crippen LogP contribution in [0.5, 0.6) is 0 Å². The van der Waals surface area contributed by atoms with E-state index in [0.717, 1.165) is 45.1 Å². The highest BCUT2D eigenvalue weighted by Gasteiger charge is 2.18. The molecule has 0 unspecified atom stereocenters. The van der Waals surface area contributed by atoms with E-state index in [0.29, 0.717) is 5.57 Å². The smallest absolute Gasteiger partial charge is 0.333 e. The van der Waals surface area contributed by atoms with E-state index in [9.17, 15) is 4.79 Å². The summed E-state index contributed by atoms with van der Waals surface area (Å²) < 4.78 is 5.45. The number of rotatable bonds is 7. The number of carbonyl (C=O) groups excluding carboxylic acids is 1. The predicted octanol–water partition coefficient (Wildman–Crippen LogP) is 2.94. The van der Waals surface area contributed by atoms with E-state index in [-0.39, 0.29) is 12.1 Å². The van der Waals surface area contributed by atoms with Gasteiger partial charge >= 0.3 is 5.97 Å². The van der Waals surface area contributed by atoms with Gasteiger partial charge in [-0.1, -0.05) is 19.4 Å². The highest BCUT2D eigenvalue weighted by Crippen LogP contribution is 2.21. The van der Waals surface area contributed by atoms with Crippen molar-refractivity contribution in [3.05, 3.63) is 12.2 Å². The minimum absolute atomic E-state index is 0.136. The number of hydrogen-bond donors (Lipinski definition) is 1. The summed E-state index contributed by atoms with van der Waals surface area (Å²) in [6.45, 7) is 4.53. The molecule has 0 radical (unpaired) electrons. The molecule has 0 aromatic carbocycles. The van der Waals surface area contributed by atoms with Gasteiger partial charge in [0.05, 0.1) is 0 Å². The van der Waals surface area contributed by atoms with Crippen molar-refractivity contribution in [2.45, 2.75) is 63.9 Å². The molecule has 1 aliphatic carbocycles. The summed E-state index contributed by atoms with van der Waals surface area (Å²) in [5.41, 5.74) is 6.03. The molecule has 0 aromatic heterocycles. The van der Waals surface area contributed by atoms with Gasteiger partial charge in [0.25, 0.3) is 0 Å². The quantitative estimate of drug-likeness (QED) is 0.422. The van der Waals surface area contributed by atoms with Crippen LogP contribution < -0.4 is 5.73 Å². The van der Waals surface area contributed by atoms with Crippen molar-refractivity contribution >= 4 is 5.97 Å². The van der Waals surface area contributed by atoms with Crippen LogP contribution in [0.15, 0.2) is 12.2 Å². The van der Waals surface area contributed by atoms with E-state index >= 15 is 0 Å². The largest absolute Gasteiger partial charge is 0.459 e. The monoisotopic (exact) mass is 239 g/mol. The van der Waals surface area contributed by atoms with Crippen molar-refractivity contribution < 1.29 is 9.53 Å². The lowest BCUT2D eigenvalue weighted by atomic mass is 9.98. The normalized spacial score (nSPS) is 16.8. The van der Waals surface area contributed by atoms with Gasteiger partial charge < -0.3 is 10.5 Å². The van der Waals surface area contributed by atoms with Gasteiger partial charge in [-0.3, -0.25) is 0 Å². The molecule has 3 heteroatoms. The molecule has 1 aliphatic rings. The molecule has 0 amide bonds. The Balaban J connectivity index is 2.15. The van der Waals surface area contributed by atoms with Crippen LogP contribution in [0.4, 0.5) is 0 Å². The molecule has 1 fully saturated rings. The van der Waals surface area contributed by atoms with Crippen LogP contribution in [-0.4, -0.2) is 18.6 Å². The van der Waals surface area contributed by atoms with Gasteiger partial charge in [0.1, 0.15) is 6.10 Å². The fourth-order valence-corrected chi connectivity index (χ4v) is 2.18. The molecule has 0 spiro atoms. The number of nitrogens with two attached hydrogens (primary N) is 1. The summed E-state index contributed by atoms with van der Waals surface area (Å²) in [5.74, 6) is -0.190. The third kappa shape index (κ3) is 5.87. The molecule has 0 bridgehead atoms. The maximum absolute atomic E-state index is 11.7. The van der Waals surface area contributed by atoms with Crippen molar-refractivity contribution in [2.24, 2.45) is 5.73 Å². The molecule has 98 valence electrons. The fourth-order valence-electron chi connectivity index (χ4n) is 2.18. The van der Waals surface area contributed by atoms with Gasteiger partial charge in [-0.05, 0) is 51.5 Å². The zero-order chi connectivity index (χ0) is 12.5. The molecule has 17 heavy (non-hydrogen) atoms. The van der Waals surface area contributed by atoms with Gasteiger partial charge in [-0.2, -0.15) is 0 Å². The van der Waals surface area contributed by atoms with E-state index in [2.05, 4.69) is 6.58 Å². The maximum atomic E-state index is 11.7. The molecule has 0 saturated heterocycles. The van der Waals surface area contributed by atoms with Gasteiger partial charge in [0, 0.05) is 5.57 Å². The Morgan fingerprint density at radius 2 is 1.88 bits per heavy atom. The molecule has 0 aromatic rings. The average molecular weight is 239 g/mol. The molecule has 1 rings (SSSR count). The molecule has 0 atom stereocenters. The first-order valence-electron chi connectivity index (χ1n) is 6.83. The number of esters is 1. The molecule has 0 heterocycles. The van der Waals surface area contributed by atoms with E-state index < -0.39 is 0 Å². The molecular formula is C14H25NO2. The lowest BCUT2D eigenvalue weighted by Gasteiger charge is -2.22. The second-order valence-corrected chi connectivity index (χ2v) is 4.87. The first-order valence-corrected chi connectivity index (χ1v) is 6.83. The third-order valence-corrected chi connectivity index (χ3v) is 3.30. The summed E-state index contributed by atoms with van der Waals surface area (Å²) in [6, 6.07) is 0. The maximum Gasteiger partial charge on any atom is 0.333 e. The van der Waals surface area contributed by atoms with E-state index in [1.165, 1.54) is 19.3 Å². The van der Waals surface area contributed by atoms with E-state index in [1.807, 2.05) is 0 Å². The van der Waals surface area contributed by atoms with Crippen LogP contribution in [0.3, 0.4) is 0 Å². The predicted molar refractivity (Wildman–Crippen MR) is 69.6 cm³/mol. The second-order valence-electron chi connectivity index (χ2n) is 4.87. The van der Waals surface area contributed by atoms with Crippen LogP contribution >= 0.6 is 0 Å². The van der Waals surface area contributed by atoms with Crippen LogP contribution in [0.1, 0.15) is 57.8 Å². The minimum atomic E-state index is -0.190. The Hall–Kier alpha value is -0.830. The van der Waals surface area contributed by atoms with E-state index in [1.54, 1.807) is 0 Å². The Morgan fingerprint density at radius 1 is 1.18 bits per heavy atom. The lowest BCUT2D eigenvalue weighted by Crippen LogP contribution is -2.21. The first-order chi connectivity index (χ1) is 8.24. The van der Waals surface area contributed by atoms with Crippen LogP contribution in [0.25, 0.3) is 0 Å². The van der Waals surface area contributed by atoms with Gasteiger partial charge in [-0.25, -0.2) is 4.79 Å². The lowest BCUT2D eigenvalue weighted by molar-refractivity contribution is -0.145. The number of hydrogen-bond acceptors (Lipinski definition) is 3. The van der Waals surface area contributed by atoms with Gasteiger partial charge in [0.2, 0.25) is 0 Å². The number of carbonyl (C=O) groups is 1. The molecule has 2 N–H and O–H groups in total. The molecule has 3 nitrogen and oxygen atoms in total. The Morgan fingerprint density at radius 3 is 2.53 bits per heavy atom. The van der Waals surface area contributed by atoms with Crippen LogP contribution in [0, 0.1) is 0 Å². The Labute approximate surface area is 104 Å².